The zero-order valence-corrected chi connectivity index (χ0v) is 13.5. The van der Waals surface area contributed by atoms with Gasteiger partial charge in [-0.15, -0.1) is 0 Å². The number of hydrogen-bond acceptors (Lipinski definition) is 3. The molecule has 4 bridgehead atoms. The summed E-state index contributed by atoms with van der Waals surface area (Å²) in [4.78, 5) is 33.3. The summed E-state index contributed by atoms with van der Waals surface area (Å²) in [5, 5.41) is 0. The lowest BCUT2D eigenvalue weighted by Gasteiger charge is -2.30. The molecule has 4 saturated carbocycles. The molecule has 4 fully saturated rings. The smallest absolute Gasteiger partial charge is 0.332 e. The molecule has 140 valence electrons. The monoisotopic (exact) mass is 375 g/mol. The summed E-state index contributed by atoms with van der Waals surface area (Å²) in [6.07, 6.45) is -20.9. The summed E-state index contributed by atoms with van der Waals surface area (Å²) in [6, 6.07) is 0. The van der Waals surface area contributed by atoms with E-state index in [2.05, 4.69) is 9.97 Å². The van der Waals surface area contributed by atoms with E-state index in [1.54, 1.807) is 0 Å². The van der Waals surface area contributed by atoms with E-state index in [1.165, 1.54) is 0 Å². The van der Waals surface area contributed by atoms with E-state index in [-0.39, 0.29) is 0 Å². The average Bonchev–Trinajstić information content (AvgIpc) is 3.34. The molecule has 4 aliphatic carbocycles. The van der Waals surface area contributed by atoms with E-state index in [0.717, 1.165) is 0 Å². The van der Waals surface area contributed by atoms with Crippen molar-refractivity contribution in [1.29, 1.82) is 0 Å². The molecule has 2 heterocycles. The number of fused-ring (bicyclic) bond motifs is 1. The number of imidazole rings is 1. The highest BCUT2D eigenvalue weighted by Crippen LogP contribution is 2.65. The zero-order valence-electron chi connectivity index (χ0n) is 32.5. The minimum absolute atomic E-state index is 0.418. The number of H-pyrrole nitrogens is 1. The molecule has 0 saturated heterocycles. The van der Waals surface area contributed by atoms with Crippen LogP contribution in [0.5, 0.6) is 0 Å². The minimum Gasteiger partial charge on any atom is -0.336 e. The Hall–Kier alpha value is -1.85. The molecule has 0 spiro atoms. The number of aromatic nitrogens is 4. The van der Waals surface area contributed by atoms with Crippen molar-refractivity contribution in [3.63, 3.8) is 0 Å². The largest absolute Gasteiger partial charge is 0.336 e. The fourth-order valence-corrected chi connectivity index (χ4v) is 3.52. The summed E-state index contributed by atoms with van der Waals surface area (Å²) in [7, 11) is 0. The summed E-state index contributed by atoms with van der Waals surface area (Å²) in [5.74, 6) is -12.6. The van der Waals surface area contributed by atoms with Crippen LogP contribution >= 0.6 is 0 Å². The van der Waals surface area contributed by atoms with Gasteiger partial charge >= 0.3 is 5.69 Å². The van der Waals surface area contributed by atoms with E-state index < -0.39 is 123 Å². The third-order valence-electron chi connectivity index (χ3n) is 4.64. The molecule has 6 rings (SSSR count). The van der Waals surface area contributed by atoms with Gasteiger partial charge in [0.2, 0.25) is 0 Å². The first kappa shape index (κ1) is 5.82. The van der Waals surface area contributed by atoms with E-state index >= 15 is 0 Å². The van der Waals surface area contributed by atoms with E-state index in [1.807, 2.05) is 0 Å². The molecule has 2 unspecified atom stereocenters. The standard InChI is InChI=1S/C20H28N4O2/c1-3-5-23-16-15(17(25)24(6-4-2)19(23)26)21-18(22-16)20-10-12-7-13(11-20)9-14(20)8-12/h12-14H,3-11H2,1-2H3,(H,21,22)/i1D3,2D3,7D2,8D2,9D2,10D2,11D2,12D,13D,14D. The topological polar surface area (TPSA) is 72.7 Å². The van der Waals surface area contributed by atoms with Crippen molar-refractivity contribution in [2.45, 2.75) is 76.9 Å². The van der Waals surface area contributed by atoms with Crippen molar-refractivity contribution in [1.82, 2.24) is 19.1 Å². The van der Waals surface area contributed by atoms with Gasteiger partial charge in [-0.2, -0.15) is 0 Å². The van der Waals surface area contributed by atoms with Gasteiger partial charge in [-0.25, -0.2) is 9.78 Å². The molecule has 2 atom stereocenters. The second-order valence-corrected chi connectivity index (χ2v) is 6.18. The van der Waals surface area contributed by atoms with Gasteiger partial charge in [0, 0.05) is 44.5 Å². The fourth-order valence-electron chi connectivity index (χ4n) is 3.52. The van der Waals surface area contributed by atoms with Crippen LogP contribution in [0, 0.1) is 17.7 Å². The molecule has 0 amide bonds. The Balaban J connectivity index is 1.95. The highest BCUT2D eigenvalue weighted by molar-refractivity contribution is 5.70. The Labute approximate surface area is 179 Å². The van der Waals surface area contributed by atoms with Crippen LogP contribution in [0.4, 0.5) is 0 Å². The first-order valence-electron chi connectivity index (χ1n) is 17.6. The van der Waals surface area contributed by atoms with Crippen LogP contribution < -0.4 is 11.2 Å². The summed E-state index contributed by atoms with van der Waals surface area (Å²) >= 11 is 0. The van der Waals surface area contributed by atoms with Gasteiger partial charge in [0.15, 0.2) is 5.65 Å². The molecule has 0 aromatic carbocycles. The van der Waals surface area contributed by atoms with Crippen molar-refractivity contribution in [2.75, 3.05) is 0 Å². The number of nitrogens with zero attached hydrogens (tertiary/aromatic N) is 3. The Morgan fingerprint density at radius 2 is 1.88 bits per heavy atom. The van der Waals surface area contributed by atoms with Crippen LogP contribution in [0.15, 0.2) is 9.59 Å². The van der Waals surface area contributed by atoms with Gasteiger partial charge in [-0.1, -0.05) is 13.7 Å². The summed E-state index contributed by atoms with van der Waals surface area (Å²) in [6.45, 7) is -6.70. The van der Waals surface area contributed by atoms with Crippen molar-refractivity contribution < 1.29 is 26.0 Å². The predicted molar refractivity (Wildman–Crippen MR) is 100 cm³/mol. The van der Waals surface area contributed by atoms with Gasteiger partial charge in [0.05, 0.1) is 0 Å². The third-order valence-corrected chi connectivity index (χ3v) is 4.64. The first-order chi connectivity index (χ1) is 19.8. The minimum atomic E-state index is -3.92. The maximum atomic E-state index is 13.6. The van der Waals surface area contributed by atoms with Crippen LogP contribution in [0.2, 0.25) is 0 Å². The van der Waals surface area contributed by atoms with Gasteiger partial charge in [-0.3, -0.25) is 13.9 Å². The highest BCUT2D eigenvalue weighted by atomic mass is 16.2. The van der Waals surface area contributed by atoms with Crippen LogP contribution in [0.3, 0.4) is 0 Å². The lowest BCUT2D eigenvalue weighted by atomic mass is 9.75. The van der Waals surface area contributed by atoms with E-state index in [4.69, 9.17) is 24.7 Å². The molecular weight excluding hydrogens is 328 g/mol. The molecule has 2 aromatic rings. The molecule has 0 aliphatic heterocycles. The normalized spacial score (nSPS) is 62.1. The Morgan fingerprint density at radius 3 is 2.58 bits per heavy atom. The zero-order chi connectivity index (χ0) is 34.8. The first-order valence-corrected chi connectivity index (χ1v) is 8.09. The molecule has 6 heteroatoms. The molecule has 4 aliphatic rings. The van der Waals surface area contributed by atoms with Crippen LogP contribution in [-0.4, -0.2) is 19.1 Å². The van der Waals surface area contributed by atoms with Crippen molar-refractivity contribution in [3.8, 4) is 0 Å². The van der Waals surface area contributed by atoms with Crippen LogP contribution in [-0.2, 0) is 18.5 Å². The lowest BCUT2D eigenvalue weighted by molar-refractivity contribution is 0.262. The van der Waals surface area contributed by atoms with Crippen molar-refractivity contribution in [3.05, 3.63) is 26.7 Å². The Morgan fingerprint density at radius 1 is 1.19 bits per heavy atom. The van der Waals surface area contributed by atoms with Crippen LogP contribution in [0.25, 0.3) is 11.2 Å². The van der Waals surface area contributed by atoms with Gasteiger partial charge in [0.25, 0.3) is 5.56 Å². The highest BCUT2D eigenvalue weighted by Gasteiger charge is 2.59. The number of hydrogen-bond donors (Lipinski definition) is 1. The quantitative estimate of drug-likeness (QED) is 0.873. The lowest BCUT2D eigenvalue weighted by Crippen LogP contribution is -2.40. The van der Waals surface area contributed by atoms with Crippen LogP contribution in [0.1, 0.15) is 90.3 Å². The Kier molecular flexibility index (Phi) is 1.25. The molecule has 2 aromatic heterocycles. The summed E-state index contributed by atoms with van der Waals surface area (Å²) < 4.78 is 161. The molecule has 1 N–H and O–H groups in total. The SMILES string of the molecule is [2H]C([2H])([2H])CCn1c(=O)c2[nH]c(C34C([2H])([2H])C5([2H])C([2H])([2H])C([2H])(C([2H])([2H])C3([2H])C5([2H])[2H])C4([2H])[2H])nc2n(CCC([2H])([2H])[2H])c1=O. The molecular formula is C20H28N4O2. The van der Waals surface area contributed by atoms with Gasteiger partial charge in [-0.05, 0) is 62.4 Å². The second kappa shape index (κ2) is 5.57. The van der Waals surface area contributed by atoms with E-state index in [0.29, 0.717) is 9.13 Å². The van der Waals surface area contributed by atoms with Gasteiger partial charge in [0.1, 0.15) is 11.3 Å². The number of rotatable bonds is 5. The van der Waals surface area contributed by atoms with Crippen molar-refractivity contribution >= 4 is 11.2 Å². The number of aromatic amines is 1. The van der Waals surface area contributed by atoms with Gasteiger partial charge < -0.3 is 4.98 Å². The number of nitrogens with one attached hydrogen (secondary N) is 1. The average molecular weight is 376 g/mol. The maximum absolute atomic E-state index is 13.6. The molecule has 0 radical (unpaired) electrons. The third kappa shape index (κ3) is 2.01. The molecule has 6 nitrogen and oxygen atoms in total. The molecule has 26 heavy (non-hydrogen) atoms. The number of aryl methyl sites for hydroxylation is 1. The van der Waals surface area contributed by atoms with E-state index in [9.17, 15) is 11.0 Å². The maximum Gasteiger partial charge on any atom is 0.332 e. The Bertz CT molecular complexity index is 1690. The fraction of sp³-hybridized carbons (Fsp3) is 0.750. The summed E-state index contributed by atoms with van der Waals surface area (Å²) in [5.41, 5.74) is -7.71. The second-order valence-electron chi connectivity index (χ2n) is 6.18. The predicted octanol–water partition coefficient (Wildman–Crippen LogP) is 2.78. The van der Waals surface area contributed by atoms with Crippen molar-refractivity contribution in [2.24, 2.45) is 17.7 Å².